The fraction of sp³-hybridized carbons (Fsp3) is 0.667. The maximum absolute atomic E-state index is 5.24. The molecule has 96 valence electrons. The summed E-state index contributed by atoms with van der Waals surface area (Å²) in [6.45, 7) is 9.43. The van der Waals surface area contributed by atoms with Crippen LogP contribution in [0, 0.1) is 13.8 Å². The van der Waals surface area contributed by atoms with Gasteiger partial charge in [-0.3, -0.25) is 0 Å². The molecule has 4 nitrogen and oxygen atoms in total. The molecule has 1 aromatic heterocycles. The second-order valence-electron chi connectivity index (χ2n) is 3.73. The molecule has 0 amide bonds. The van der Waals surface area contributed by atoms with Crippen LogP contribution in [0.25, 0.3) is 0 Å². The Morgan fingerprint density at radius 2 is 1.94 bits per heavy atom. The Kier molecular flexibility index (Phi) is 7.16. The van der Waals surface area contributed by atoms with E-state index in [4.69, 9.17) is 4.74 Å². The molecule has 17 heavy (non-hydrogen) atoms. The first-order valence-electron chi connectivity index (χ1n) is 5.96. The zero-order valence-electron chi connectivity index (χ0n) is 10.8. The van der Waals surface area contributed by atoms with Crippen LogP contribution in [0.2, 0.25) is 0 Å². The third-order valence-corrected chi connectivity index (χ3v) is 2.95. The Labute approximate surface area is 108 Å². The molecule has 0 aromatic carbocycles. The summed E-state index contributed by atoms with van der Waals surface area (Å²) in [6, 6.07) is 1.99. The zero-order chi connectivity index (χ0) is 12.5. The Bertz CT molecular complexity index is 313. The van der Waals surface area contributed by atoms with Gasteiger partial charge in [-0.15, -0.1) is 0 Å². The average molecular weight is 255 g/mol. The minimum absolute atomic E-state index is 0.779. The monoisotopic (exact) mass is 255 g/mol. The van der Waals surface area contributed by atoms with Gasteiger partial charge in [-0.2, -0.15) is 0 Å². The topological polar surface area (TPSA) is 47.0 Å². The summed E-state index contributed by atoms with van der Waals surface area (Å²) in [5, 5.41) is 4.19. The quantitative estimate of drug-likeness (QED) is 0.436. The summed E-state index contributed by atoms with van der Waals surface area (Å²) in [5.74, 6) is 0.981. The lowest BCUT2D eigenvalue weighted by Gasteiger charge is -2.05. The number of thioether (sulfide) groups is 1. The highest BCUT2D eigenvalue weighted by atomic mass is 32.2. The SMILES string of the molecule is CCOCCNCCSc1nc(C)cc(C)n1. The van der Waals surface area contributed by atoms with Crippen molar-refractivity contribution in [1.82, 2.24) is 15.3 Å². The molecule has 0 bridgehead atoms. The van der Waals surface area contributed by atoms with Crippen molar-refractivity contribution in [2.75, 3.05) is 32.1 Å². The number of aromatic nitrogens is 2. The maximum atomic E-state index is 5.24. The van der Waals surface area contributed by atoms with Crippen molar-refractivity contribution in [3.8, 4) is 0 Å². The highest BCUT2D eigenvalue weighted by Gasteiger charge is 1.99. The van der Waals surface area contributed by atoms with Crippen LogP contribution in [0.1, 0.15) is 18.3 Å². The number of ether oxygens (including phenoxy) is 1. The van der Waals surface area contributed by atoms with Crippen LogP contribution >= 0.6 is 11.8 Å². The minimum Gasteiger partial charge on any atom is -0.380 e. The average Bonchev–Trinajstić information content (AvgIpc) is 2.26. The Balaban J connectivity index is 2.13. The van der Waals surface area contributed by atoms with Crippen molar-refractivity contribution >= 4 is 11.8 Å². The highest BCUT2D eigenvalue weighted by molar-refractivity contribution is 7.99. The molecule has 0 unspecified atom stereocenters. The number of nitrogens with zero attached hydrogens (tertiary/aromatic N) is 2. The molecule has 0 radical (unpaired) electrons. The summed E-state index contributed by atoms with van der Waals surface area (Å²) >= 11 is 1.69. The number of hydrogen-bond donors (Lipinski definition) is 1. The highest BCUT2D eigenvalue weighted by Crippen LogP contribution is 2.12. The van der Waals surface area contributed by atoms with Gasteiger partial charge in [0.05, 0.1) is 6.61 Å². The third-order valence-electron chi connectivity index (χ3n) is 2.10. The second-order valence-corrected chi connectivity index (χ2v) is 4.79. The predicted octanol–water partition coefficient (Wildman–Crippen LogP) is 1.81. The van der Waals surface area contributed by atoms with Gasteiger partial charge in [0.2, 0.25) is 0 Å². The van der Waals surface area contributed by atoms with Crippen molar-refractivity contribution in [3.63, 3.8) is 0 Å². The molecule has 1 aromatic rings. The van der Waals surface area contributed by atoms with E-state index in [1.807, 2.05) is 26.8 Å². The van der Waals surface area contributed by atoms with E-state index in [9.17, 15) is 0 Å². The molecule has 0 saturated carbocycles. The van der Waals surface area contributed by atoms with Gasteiger partial charge < -0.3 is 10.1 Å². The largest absolute Gasteiger partial charge is 0.380 e. The zero-order valence-corrected chi connectivity index (χ0v) is 11.6. The number of rotatable bonds is 8. The smallest absolute Gasteiger partial charge is 0.188 e. The molecule has 0 aliphatic carbocycles. The van der Waals surface area contributed by atoms with Crippen LogP contribution in [0.5, 0.6) is 0 Å². The van der Waals surface area contributed by atoms with E-state index in [0.717, 1.165) is 48.6 Å². The lowest BCUT2D eigenvalue weighted by molar-refractivity contribution is 0.150. The van der Waals surface area contributed by atoms with E-state index in [-0.39, 0.29) is 0 Å². The van der Waals surface area contributed by atoms with Crippen molar-refractivity contribution in [2.45, 2.75) is 25.9 Å². The molecule has 0 saturated heterocycles. The number of aryl methyl sites for hydroxylation is 2. The van der Waals surface area contributed by atoms with Gasteiger partial charge in [0.1, 0.15) is 0 Å². The normalized spacial score (nSPS) is 10.8. The standard InChI is InChI=1S/C12H21N3OS/c1-4-16-7-5-13-6-8-17-12-14-10(2)9-11(3)15-12/h9,13H,4-8H2,1-3H3. The van der Waals surface area contributed by atoms with Gasteiger partial charge in [0.15, 0.2) is 5.16 Å². The summed E-state index contributed by atoms with van der Waals surface area (Å²) in [4.78, 5) is 8.76. The molecule has 0 fully saturated rings. The fourth-order valence-electron chi connectivity index (χ4n) is 1.39. The molecule has 5 heteroatoms. The minimum atomic E-state index is 0.779. The van der Waals surface area contributed by atoms with Crippen LogP contribution < -0.4 is 5.32 Å². The molecule has 0 atom stereocenters. The van der Waals surface area contributed by atoms with Gasteiger partial charge in [0, 0.05) is 36.8 Å². The maximum Gasteiger partial charge on any atom is 0.188 e. The van der Waals surface area contributed by atoms with E-state index in [0.29, 0.717) is 0 Å². The van der Waals surface area contributed by atoms with Crippen molar-refractivity contribution in [2.24, 2.45) is 0 Å². The van der Waals surface area contributed by atoms with Gasteiger partial charge in [-0.25, -0.2) is 9.97 Å². The van der Waals surface area contributed by atoms with E-state index in [1.165, 1.54) is 0 Å². The van der Waals surface area contributed by atoms with Crippen LogP contribution in [0.3, 0.4) is 0 Å². The van der Waals surface area contributed by atoms with Gasteiger partial charge >= 0.3 is 0 Å². The van der Waals surface area contributed by atoms with Gasteiger partial charge in [0.25, 0.3) is 0 Å². The van der Waals surface area contributed by atoms with Crippen LogP contribution in [0.4, 0.5) is 0 Å². The first-order valence-corrected chi connectivity index (χ1v) is 6.94. The molecular weight excluding hydrogens is 234 g/mol. The van der Waals surface area contributed by atoms with Crippen molar-refractivity contribution in [1.29, 1.82) is 0 Å². The molecule has 1 rings (SSSR count). The van der Waals surface area contributed by atoms with Crippen LogP contribution in [-0.2, 0) is 4.74 Å². The molecule has 1 heterocycles. The second kappa shape index (κ2) is 8.44. The summed E-state index contributed by atoms with van der Waals surface area (Å²) in [5.41, 5.74) is 2.06. The first kappa shape index (κ1) is 14.4. The Morgan fingerprint density at radius 3 is 2.59 bits per heavy atom. The summed E-state index contributed by atoms with van der Waals surface area (Å²) in [7, 11) is 0. The molecular formula is C12H21N3OS. The lowest BCUT2D eigenvalue weighted by atomic mass is 10.4. The predicted molar refractivity (Wildman–Crippen MR) is 71.6 cm³/mol. The van der Waals surface area contributed by atoms with Crippen molar-refractivity contribution in [3.05, 3.63) is 17.5 Å². The summed E-state index contributed by atoms with van der Waals surface area (Å²) < 4.78 is 5.24. The first-order chi connectivity index (χ1) is 8.22. The molecule has 0 aliphatic rings. The van der Waals surface area contributed by atoms with Crippen molar-refractivity contribution < 1.29 is 4.74 Å². The van der Waals surface area contributed by atoms with E-state index < -0.39 is 0 Å². The van der Waals surface area contributed by atoms with E-state index in [1.54, 1.807) is 11.8 Å². The third kappa shape index (κ3) is 6.61. The number of nitrogens with one attached hydrogen (secondary N) is 1. The molecule has 1 N–H and O–H groups in total. The fourth-order valence-corrected chi connectivity index (χ4v) is 2.23. The lowest BCUT2D eigenvalue weighted by Crippen LogP contribution is -2.22. The van der Waals surface area contributed by atoms with Gasteiger partial charge in [-0.1, -0.05) is 11.8 Å². The Hall–Kier alpha value is -0.650. The number of hydrogen-bond acceptors (Lipinski definition) is 5. The van der Waals surface area contributed by atoms with Crippen LogP contribution in [0.15, 0.2) is 11.2 Å². The Morgan fingerprint density at radius 1 is 1.24 bits per heavy atom. The molecule has 0 spiro atoms. The van der Waals surface area contributed by atoms with Crippen LogP contribution in [-0.4, -0.2) is 42.0 Å². The summed E-state index contributed by atoms with van der Waals surface area (Å²) in [6.07, 6.45) is 0. The van der Waals surface area contributed by atoms with E-state index >= 15 is 0 Å². The van der Waals surface area contributed by atoms with E-state index in [2.05, 4.69) is 15.3 Å². The van der Waals surface area contributed by atoms with Gasteiger partial charge in [-0.05, 0) is 26.8 Å². The molecule has 0 aliphatic heterocycles.